The molecule has 6 unspecified atom stereocenters. The Hall–Kier alpha value is -1.67. The number of unbranched alkanes of at least 4 members (excludes halogenated alkanes) is 34. The van der Waals surface area contributed by atoms with E-state index >= 15 is 0 Å². The van der Waals surface area contributed by atoms with E-state index in [0.717, 1.165) is 70.6 Å². The van der Waals surface area contributed by atoms with E-state index < -0.39 is 75.7 Å². The molecule has 71 heavy (non-hydrogen) atoms. The molecule has 0 aromatic heterocycles. The molecule has 0 amide bonds. The molecule has 6 atom stereocenters. The first-order valence-electron chi connectivity index (χ1n) is 29.1. The topological polar surface area (TPSA) is 210 Å². The molecule has 0 aromatic rings. The zero-order chi connectivity index (χ0) is 52.1. The van der Waals surface area contributed by atoms with Crippen LogP contribution in [-0.2, 0) is 32.7 Å². The number of phosphoric acid groups is 1. The molecule has 0 bridgehead atoms. The average Bonchev–Trinajstić information content (AvgIpc) is 3.35. The van der Waals surface area contributed by atoms with Crippen LogP contribution < -0.4 is 0 Å². The fraction of sp³-hybridized carbons (Fsp3) is 0.895. The maximum atomic E-state index is 12.9. The molecular formula is C57H107O13P. The molecule has 1 aliphatic rings. The standard InChI is InChI=1S/C57H107O13P/c1-3-5-7-9-11-13-15-17-19-21-23-24-25-26-27-28-30-31-33-35-37-39-41-43-45-50(58)67-47-49(48-68-71(65,66)70-57-55(63)53(61)52(60)54(62)56(57)64)69-51(59)46-44-42-40-38-36-34-32-29-22-20-18-16-14-12-10-8-6-4-2/h14,16,20,22,49,52-57,60-64H,3-13,15,17-19,21,23-48H2,1-2H3,(H,65,66)/b16-14-,22-20-. The predicted molar refractivity (Wildman–Crippen MR) is 286 cm³/mol. The van der Waals surface area contributed by atoms with Crippen LogP contribution in [0.2, 0.25) is 0 Å². The Bertz CT molecular complexity index is 1330. The summed E-state index contributed by atoms with van der Waals surface area (Å²) in [7, 11) is -5.13. The minimum atomic E-state index is -5.13. The van der Waals surface area contributed by atoms with Gasteiger partial charge in [0.1, 0.15) is 43.2 Å². The van der Waals surface area contributed by atoms with Gasteiger partial charge in [0.15, 0.2) is 6.10 Å². The molecule has 0 saturated heterocycles. The first-order chi connectivity index (χ1) is 34.4. The van der Waals surface area contributed by atoms with Crippen molar-refractivity contribution in [2.75, 3.05) is 13.2 Å². The first-order valence-corrected chi connectivity index (χ1v) is 30.6. The highest BCUT2D eigenvalue weighted by Crippen LogP contribution is 2.47. The second-order valence-electron chi connectivity index (χ2n) is 20.5. The Morgan fingerprint density at radius 3 is 1.15 bits per heavy atom. The minimum absolute atomic E-state index is 0.0911. The van der Waals surface area contributed by atoms with Crippen molar-refractivity contribution in [2.45, 2.75) is 313 Å². The monoisotopic (exact) mass is 1030 g/mol. The van der Waals surface area contributed by atoms with E-state index in [9.17, 15) is 44.6 Å². The number of ether oxygens (including phenoxy) is 2. The third-order valence-electron chi connectivity index (χ3n) is 13.8. The fourth-order valence-corrected chi connectivity index (χ4v) is 10.1. The van der Waals surface area contributed by atoms with Crippen molar-refractivity contribution in [3.05, 3.63) is 24.3 Å². The molecule has 0 radical (unpaired) electrons. The summed E-state index contributed by atoms with van der Waals surface area (Å²) in [6, 6.07) is 0. The molecule has 1 aliphatic carbocycles. The highest BCUT2D eigenvalue weighted by molar-refractivity contribution is 7.47. The molecule has 1 rings (SSSR count). The van der Waals surface area contributed by atoms with E-state index in [1.54, 1.807) is 0 Å². The lowest BCUT2D eigenvalue weighted by Crippen LogP contribution is -2.64. The fourth-order valence-electron chi connectivity index (χ4n) is 9.14. The average molecular weight is 1030 g/mol. The van der Waals surface area contributed by atoms with Crippen molar-refractivity contribution < 1.29 is 63.1 Å². The number of rotatable bonds is 50. The van der Waals surface area contributed by atoms with Crippen LogP contribution in [0, 0.1) is 0 Å². The van der Waals surface area contributed by atoms with E-state index in [1.807, 2.05) is 0 Å². The molecule has 418 valence electrons. The molecule has 0 aromatic carbocycles. The lowest BCUT2D eigenvalue weighted by Gasteiger charge is -2.41. The van der Waals surface area contributed by atoms with Gasteiger partial charge in [0.2, 0.25) is 0 Å². The Balaban J connectivity index is 2.31. The number of carbonyl (C=O) groups excluding carboxylic acids is 2. The summed E-state index contributed by atoms with van der Waals surface area (Å²) in [5, 5.41) is 50.4. The molecule has 1 fully saturated rings. The minimum Gasteiger partial charge on any atom is -0.462 e. The molecule has 0 aliphatic heterocycles. The third-order valence-corrected chi connectivity index (χ3v) is 14.8. The number of carbonyl (C=O) groups is 2. The molecule has 6 N–H and O–H groups in total. The lowest BCUT2D eigenvalue weighted by atomic mass is 9.85. The van der Waals surface area contributed by atoms with Gasteiger partial charge in [0.25, 0.3) is 0 Å². The largest absolute Gasteiger partial charge is 0.472 e. The normalized spacial score (nSPS) is 20.7. The van der Waals surface area contributed by atoms with Gasteiger partial charge in [-0.3, -0.25) is 18.6 Å². The Morgan fingerprint density at radius 2 is 0.761 bits per heavy atom. The molecule has 0 heterocycles. The molecule has 1 saturated carbocycles. The molecule has 0 spiro atoms. The van der Waals surface area contributed by atoms with Crippen LogP contribution in [0.3, 0.4) is 0 Å². The van der Waals surface area contributed by atoms with Gasteiger partial charge in [0.05, 0.1) is 6.61 Å². The van der Waals surface area contributed by atoms with Crippen LogP contribution in [-0.4, -0.2) is 98.3 Å². The lowest BCUT2D eigenvalue weighted by molar-refractivity contribution is -0.220. The zero-order valence-corrected chi connectivity index (χ0v) is 45.9. The van der Waals surface area contributed by atoms with Gasteiger partial charge in [-0.15, -0.1) is 0 Å². The van der Waals surface area contributed by atoms with Crippen LogP contribution in [0.15, 0.2) is 24.3 Å². The van der Waals surface area contributed by atoms with Crippen LogP contribution in [0.4, 0.5) is 0 Å². The van der Waals surface area contributed by atoms with Crippen molar-refractivity contribution >= 4 is 19.8 Å². The van der Waals surface area contributed by atoms with Gasteiger partial charge in [-0.1, -0.05) is 237 Å². The van der Waals surface area contributed by atoms with Crippen molar-refractivity contribution in [1.29, 1.82) is 0 Å². The zero-order valence-electron chi connectivity index (χ0n) is 45.0. The van der Waals surface area contributed by atoms with Gasteiger partial charge in [-0.2, -0.15) is 0 Å². The van der Waals surface area contributed by atoms with Crippen molar-refractivity contribution in [3.63, 3.8) is 0 Å². The van der Waals surface area contributed by atoms with Crippen LogP contribution in [0.25, 0.3) is 0 Å². The number of aliphatic hydroxyl groups excluding tert-OH is 5. The Morgan fingerprint density at radius 1 is 0.437 bits per heavy atom. The van der Waals surface area contributed by atoms with E-state index in [-0.39, 0.29) is 12.8 Å². The smallest absolute Gasteiger partial charge is 0.462 e. The molecular weight excluding hydrogens is 924 g/mol. The SMILES string of the molecule is CCCCCC/C=C\C/C=C\CCCCCCCCCC(=O)OC(COC(=O)CCCCCCCCCCCCCCCCCCCCCCCCCC)COP(=O)(O)OC1C(O)C(O)C(O)C(O)C1O. The second kappa shape index (κ2) is 46.8. The molecule has 14 heteroatoms. The Kier molecular flexibility index (Phi) is 44.4. The predicted octanol–water partition coefficient (Wildman–Crippen LogP) is 13.5. The Labute approximate surface area is 432 Å². The summed E-state index contributed by atoms with van der Waals surface area (Å²) < 4.78 is 33.7. The number of hydrogen-bond donors (Lipinski definition) is 6. The number of esters is 2. The van der Waals surface area contributed by atoms with E-state index in [4.69, 9.17) is 18.5 Å². The number of aliphatic hydroxyl groups is 5. The van der Waals surface area contributed by atoms with Gasteiger partial charge < -0.3 is 39.9 Å². The van der Waals surface area contributed by atoms with Gasteiger partial charge in [-0.05, 0) is 44.9 Å². The summed E-state index contributed by atoms with van der Waals surface area (Å²) in [5.74, 6) is -1.09. The van der Waals surface area contributed by atoms with Gasteiger partial charge in [0, 0.05) is 12.8 Å². The number of phosphoric ester groups is 1. The maximum Gasteiger partial charge on any atom is 0.472 e. The van der Waals surface area contributed by atoms with Gasteiger partial charge in [-0.25, -0.2) is 4.57 Å². The number of allylic oxidation sites excluding steroid dienone is 4. The third kappa shape index (κ3) is 38.5. The van der Waals surface area contributed by atoms with Crippen LogP contribution in [0.5, 0.6) is 0 Å². The highest BCUT2D eigenvalue weighted by atomic mass is 31.2. The van der Waals surface area contributed by atoms with Gasteiger partial charge >= 0.3 is 19.8 Å². The summed E-state index contributed by atoms with van der Waals surface area (Å²) in [6.07, 6.45) is 42.3. The second-order valence-corrected chi connectivity index (χ2v) is 21.9. The highest BCUT2D eigenvalue weighted by Gasteiger charge is 2.51. The quantitative estimate of drug-likeness (QED) is 0.0145. The van der Waals surface area contributed by atoms with Crippen LogP contribution >= 0.6 is 7.82 Å². The summed E-state index contributed by atoms with van der Waals surface area (Å²) in [4.78, 5) is 36.0. The maximum absolute atomic E-state index is 12.9. The van der Waals surface area contributed by atoms with Crippen molar-refractivity contribution in [2.24, 2.45) is 0 Å². The molecule has 13 nitrogen and oxygen atoms in total. The van der Waals surface area contributed by atoms with E-state index in [0.29, 0.717) is 12.8 Å². The van der Waals surface area contributed by atoms with E-state index in [2.05, 4.69) is 38.2 Å². The summed E-state index contributed by atoms with van der Waals surface area (Å²) in [6.45, 7) is 3.34. The first kappa shape index (κ1) is 67.3. The number of hydrogen-bond acceptors (Lipinski definition) is 12. The van der Waals surface area contributed by atoms with Crippen LogP contribution in [0.1, 0.15) is 271 Å². The van der Waals surface area contributed by atoms with Crippen molar-refractivity contribution in [1.82, 2.24) is 0 Å². The van der Waals surface area contributed by atoms with Crippen molar-refractivity contribution in [3.8, 4) is 0 Å². The summed E-state index contributed by atoms with van der Waals surface area (Å²) in [5.41, 5.74) is 0. The summed E-state index contributed by atoms with van der Waals surface area (Å²) >= 11 is 0. The van der Waals surface area contributed by atoms with E-state index in [1.165, 1.54) is 161 Å².